The zero-order valence-electron chi connectivity index (χ0n) is 10.4. The largest absolute Gasteiger partial charge is 0.497 e. The van der Waals surface area contributed by atoms with E-state index in [-0.39, 0.29) is 12.4 Å². The third kappa shape index (κ3) is 2.90. The quantitative estimate of drug-likeness (QED) is 0.804. The van der Waals surface area contributed by atoms with Crippen LogP contribution in [-0.2, 0) is 15.9 Å². The summed E-state index contributed by atoms with van der Waals surface area (Å²) >= 11 is 0. The summed E-state index contributed by atoms with van der Waals surface area (Å²) in [6, 6.07) is 5.77. The van der Waals surface area contributed by atoms with E-state index >= 15 is 0 Å². The molecule has 0 aromatic heterocycles. The highest BCUT2D eigenvalue weighted by atomic mass is 16.7. The van der Waals surface area contributed by atoms with Crippen LogP contribution in [-0.4, -0.2) is 33.2 Å². The molecule has 0 N–H and O–H groups in total. The molecule has 0 amide bonds. The van der Waals surface area contributed by atoms with Crippen molar-refractivity contribution >= 4 is 0 Å². The number of hydrogen-bond donors (Lipinski definition) is 0. The van der Waals surface area contributed by atoms with Crippen molar-refractivity contribution in [2.45, 2.75) is 25.7 Å². The molecule has 0 aliphatic carbocycles. The van der Waals surface area contributed by atoms with Gasteiger partial charge in [0.15, 0.2) is 6.29 Å². The molecule has 0 saturated carbocycles. The van der Waals surface area contributed by atoms with Crippen LogP contribution in [0.2, 0.25) is 0 Å². The zero-order chi connectivity index (χ0) is 12.3. The summed E-state index contributed by atoms with van der Waals surface area (Å²) in [5.41, 5.74) is 1.08. The van der Waals surface area contributed by atoms with Gasteiger partial charge in [0.05, 0.1) is 26.9 Å². The van der Waals surface area contributed by atoms with Crippen molar-refractivity contribution in [3.63, 3.8) is 0 Å². The minimum atomic E-state index is -0.114. The number of rotatable bonds is 4. The molecule has 1 aromatic carbocycles. The van der Waals surface area contributed by atoms with Gasteiger partial charge in [0, 0.05) is 12.0 Å². The lowest BCUT2D eigenvalue weighted by Crippen LogP contribution is -2.14. The first-order valence-electron chi connectivity index (χ1n) is 5.71. The van der Waals surface area contributed by atoms with Gasteiger partial charge in [0.2, 0.25) is 0 Å². The molecule has 1 heterocycles. The second-order valence-corrected chi connectivity index (χ2v) is 4.04. The lowest BCUT2D eigenvalue weighted by Gasteiger charge is -2.13. The normalized spacial score (nSPS) is 23.7. The van der Waals surface area contributed by atoms with Crippen LogP contribution < -0.4 is 9.47 Å². The van der Waals surface area contributed by atoms with Gasteiger partial charge in [-0.2, -0.15) is 0 Å². The molecule has 0 bridgehead atoms. The van der Waals surface area contributed by atoms with E-state index in [0.717, 1.165) is 23.5 Å². The van der Waals surface area contributed by atoms with Gasteiger partial charge < -0.3 is 18.9 Å². The number of benzene rings is 1. The van der Waals surface area contributed by atoms with Crippen molar-refractivity contribution in [2.75, 3.05) is 20.8 Å². The smallest absolute Gasteiger partial charge is 0.155 e. The molecular formula is C13H18O4. The van der Waals surface area contributed by atoms with Crippen LogP contribution in [0, 0.1) is 0 Å². The van der Waals surface area contributed by atoms with Crippen molar-refractivity contribution in [3.8, 4) is 11.5 Å². The van der Waals surface area contributed by atoms with Gasteiger partial charge in [-0.25, -0.2) is 0 Å². The molecule has 1 aliphatic heterocycles. The molecule has 1 fully saturated rings. The van der Waals surface area contributed by atoms with Crippen molar-refractivity contribution in [1.82, 2.24) is 0 Å². The molecule has 1 saturated heterocycles. The maximum Gasteiger partial charge on any atom is 0.155 e. The Morgan fingerprint density at radius 1 is 1.29 bits per heavy atom. The van der Waals surface area contributed by atoms with E-state index in [1.165, 1.54) is 0 Å². The van der Waals surface area contributed by atoms with E-state index < -0.39 is 0 Å². The summed E-state index contributed by atoms with van der Waals surface area (Å²) in [7, 11) is 3.32. The van der Waals surface area contributed by atoms with Crippen LogP contribution in [0.15, 0.2) is 18.2 Å². The molecule has 4 heteroatoms. The summed E-state index contributed by atoms with van der Waals surface area (Å²) < 4.78 is 21.5. The summed E-state index contributed by atoms with van der Waals surface area (Å²) in [5, 5.41) is 0. The van der Waals surface area contributed by atoms with Gasteiger partial charge in [0.1, 0.15) is 11.5 Å². The SMILES string of the molecule is COc1ccc(OC)c(C[C@@H]2COC(C)O2)c1. The fourth-order valence-electron chi connectivity index (χ4n) is 1.99. The molecule has 17 heavy (non-hydrogen) atoms. The highest BCUT2D eigenvalue weighted by Gasteiger charge is 2.23. The van der Waals surface area contributed by atoms with Crippen molar-refractivity contribution < 1.29 is 18.9 Å². The molecule has 1 unspecified atom stereocenters. The van der Waals surface area contributed by atoms with E-state index in [9.17, 15) is 0 Å². The van der Waals surface area contributed by atoms with E-state index in [4.69, 9.17) is 18.9 Å². The van der Waals surface area contributed by atoms with Crippen LogP contribution in [0.3, 0.4) is 0 Å². The van der Waals surface area contributed by atoms with Crippen molar-refractivity contribution in [1.29, 1.82) is 0 Å². The van der Waals surface area contributed by atoms with Crippen molar-refractivity contribution in [2.24, 2.45) is 0 Å². The van der Waals surface area contributed by atoms with E-state index in [1.54, 1.807) is 14.2 Å². The van der Waals surface area contributed by atoms with Gasteiger partial charge in [-0.05, 0) is 25.1 Å². The Balaban J connectivity index is 2.12. The Morgan fingerprint density at radius 2 is 2.12 bits per heavy atom. The molecule has 94 valence electrons. The zero-order valence-corrected chi connectivity index (χ0v) is 10.4. The Hall–Kier alpha value is -1.26. The van der Waals surface area contributed by atoms with E-state index in [1.807, 2.05) is 25.1 Å². The molecule has 1 aliphatic rings. The standard InChI is InChI=1S/C13H18O4/c1-9-16-8-12(17-9)7-10-6-11(14-2)4-5-13(10)15-3/h4-6,9,12H,7-8H2,1-3H3/t9?,12-/m1/s1. The molecule has 1 aromatic rings. The minimum Gasteiger partial charge on any atom is -0.497 e. The lowest BCUT2D eigenvalue weighted by atomic mass is 10.1. The maximum absolute atomic E-state index is 5.62. The van der Waals surface area contributed by atoms with E-state index in [0.29, 0.717) is 6.61 Å². The van der Waals surface area contributed by atoms with Crippen LogP contribution in [0.25, 0.3) is 0 Å². The van der Waals surface area contributed by atoms with Gasteiger partial charge in [-0.1, -0.05) is 0 Å². The lowest BCUT2D eigenvalue weighted by molar-refractivity contribution is -0.0418. The summed E-state index contributed by atoms with van der Waals surface area (Å²) in [6.07, 6.45) is 0.743. The average molecular weight is 238 g/mol. The molecule has 2 rings (SSSR count). The monoisotopic (exact) mass is 238 g/mol. The summed E-state index contributed by atoms with van der Waals surface area (Å²) in [6.45, 7) is 2.53. The Labute approximate surface area is 101 Å². The Morgan fingerprint density at radius 3 is 2.71 bits per heavy atom. The fourth-order valence-corrected chi connectivity index (χ4v) is 1.99. The Bertz CT molecular complexity index is 378. The van der Waals surface area contributed by atoms with Crippen LogP contribution in [0.5, 0.6) is 11.5 Å². The van der Waals surface area contributed by atoms with Gasteiger partial charge >= 0.3 is 0 Å². The number of hydrogen-bond acceptors (Lipinski definition) is 4. The predicted molar refractivity (Wildman–Crippen MR) is 63.5 cm³/mol. The first kappa shape index (κ1) is 12.2. The van der Waals surface area contributed by atoms with Crippen LogP contribution in [0.1, 0.15) is 12.5 Å². The minimum absolute atomic E-state index is 0.0889. The predicted octanol–water partition coefficient (Wildman–Crippen LogP) is 2.01. The molecular weight excluding hydrogens is 220 g/mol. The van der Waals surface area contributed by atoms with Crippen LogP contribution in [0.4, 0.5) is 0 Å². The first-order valence-corrected chi connectivity index (χ1v) is 5.71. The Kier molecular flexibility index (Phi) is 3.86. The summed E-state index contributed by atoms with van der Waals surface area (Å²) in [5.74, 6) is 1.68. The average Bonchev–Trinajstić information content (AvgIpc) is 2.74. The highest BCUT2D eigenvalue weighted by molar-refractivity contribution is 5.40. The number of methoxy groups -OCH3 is 2. The first-order chi connectivity index (χ1) is 8.22. The third-order valence-electron chi connectivity index (χ3n) is 2.84. The highest BCUT2D eigenvalue weighted by Crippen LogP contribution is 2.27. The van der Waals surface area contributed by atoms with Gasteiger partial charge in [-0.3, -0.25) is 0 Å². The van der Waals surface area contributed by atoms with Gasteiger partial charge in [-0.15, -0.1) is 0 Å². The van der Waals surface area contributed by atoms with E-state index in [2.05, 4.69) is 0 Å². The molecule has 0 radical (unpaired) electrons. The maximum atomic E-state index is 5.62. The topological polar surface area (TPSA) is 36.9 Å². The molecule has 2 atom stereocenters. The third-order valence-corrected chi connectivity index (χ3v) is 2.84. The molecule has 4 nitrogen and oxygen atoms in total. The summed E-state index contributed by atoms with van der Waals surface area (Å²) in [4.78, 5) is 0. The van der Waals surface area contributed by atoms with Crippen LogP contribution >= 0.6 is 0 Å². The van der Waals surface area contributed by atoms with Crippen molar-refractivity contribution in [3.05, 3.63) is 23.8 Å². The fraction of sp³-hybridized carbons (Fsp3) is 0.538. The van der Waals surface area contributed by atoms with Gasteiger partial charge in [0.25, 0.3) is 0 Å². The second kappa shape index (κ2) is 5.38. The molecule has 0 spiro atoms. The number of ether oxygens (including phenoxy) is 4. The second-order valence-electron chi connectivity index (χ2n) is 4.04.